The minimum absolute atomic E-state index is 0.0636. The van der Waals surface area contributed by atoms with Crippen molar-refractivity contribution < 1.29 is 23.1 Å². The zero-order chi connectivity index (χ0) is 25.4. The van der Waals surface area contributed by atoms with Gasteiger partial charge in [-0.15, -0.1) is 21.5 Å². The Morgan fingerprint density at radius 1 is 1.22 bits per heavy atom. The van der Waals surface area contributed by atoms with Crippen LogP contribution in [0.1, 0.15) is 42.7 Å². The number of aryl methyl sites for hydroxylation is 1. The number of hydrogen-bond acceptors (Lipinski definition) is 9. The van der Waals surface area contributed by atoms with Gasteiger partial charge in [-0.1, -0.05) is 13.3 Å². The van der Waals surface area contributed by atoms with Crippen molar-refractivity contribution in [2.45, 2.75) is 57.9 Å². The molecule has 2 N–H and O–H groups in total. The molecule has 2 aliphatic rings. The minimum Gasteiger partial charge on any atom is -0.396 e. The number of thiophene rings is 1. The molecule has 2 aliphatic heterocycles. The number of anilines is 2. The molecule has 0 spiro atoms. The van der Waals surface area contributed by atoms with E-state index in [1.54, 1.807) is 11.3 Å². The van der Waals surface area contributed by atoms with Gasteiger partial charge in [0.2, 0.25) is 17.7 Å². The largest absolute Gasteiger partial charge is 0.451 e. The van der Waals surface area contributed by atoms with E-state index < -0.39 is 12.0 Å². The highest BCUT2D eigenvalue weighted by atomic mass is 32.1. The van der Waals surface area contributed by atoms with Crippen molar-refractivity contribution in [2.24, 2.45) is 0 Å². The highest BCUT2D eigenvalue weighted by Gasteiger charge is 2.40. The number of carbonyl (C=O) groups is 1. The van der Waals surface area contributed by atoms with Gasteiger partial charge in [0.15, 0.2) is 5.82 Å². The maximum absolute atomic E-state index is 13.3. The van der Waals surface area contributed by atoms with Crippen LogP contribution in [-0.4, -0.2) is 68.0 Å². The van der Waals surface area contributed by atoms with Crippen molar-refractivity contribution in [3.05, 3.63) is 22.6 Å². The molecule has 1 saturated heterocycles. The van der Waals surface area contributed by atoms with E-state index in [0.29, 0.717) is 31.4 Å². The molecule has 14 heteroatoms. The van der Waals surface area contributed by atoms with Crippen LogP contribution in [0.15, 0.2) is 6.07 Å². The van der Waals surface area contributed by atoms with Gasteiger partial charge in [-0.3, -0.25) is 4.79 Å². The number of hydrogen-bond donors (Lipinski definition) is 2. The maximum Gasteiger partial charge on any atom is 0.451 e. The topological polar surface area (TPSA) is 112 Å². The quantitative estimate of drug-likeness (QED) is 0.485. The fourth-order valence-corrected chi connectivity index (χ4v) is 5.83. The Morgan fingerprint density at radius 3 is 2.81 bits per heavy atom. The van der Waals surface area contributed by atoms with Gasteiger partial charge in [0.25, 0.3) is 0 Å². The van der Waals surface area contributed by atoms with Crippen LogP contribution in [-0.2, 0) is 30.5 Å². The van der Waals surface area contributed by atoms with Crippen LogP contribution >= 0.6 is 11.3 Å². The lowest BCUT2D eigenvalue weighted by Crippen LogP contribution is -2.38. The molecule has 0 bridgehead atoms. The van der Waals surface area contributed by atoms with E-state index in [2.05, 4.69) is 28.5 Å². The Kier molecular flexibility index (Phi) is 6.72. The summed E-state index contributed by atoms with van der Waals surface area (Å²) in [6.45, 7) is 3.70. The molecule has 3 aromatic heterocycles. The summed E-state index contributed by atoms with van der Waals surface area (Å²) in [4.78, 5) is 27.5. The van der Waals surface area contributed by atoms with Gasteiger partial charge >= 0.3 is 6.18 Å². The summed E-state index contributed by atoms with van der Waals surface area (Å²) in [7, 11) is 0. The van der Waals surface area contributed by atoms with Crippen LogP contribution in [0.4, 0.5) is 24.9 Å². The number of rotatable bonds is 7. The molecular weight excluding hydrogens is 497 g/mol. The van der Waals surface area contributed by atoms with Gasteiger partial charge in [-0.25, -0.2) is 4.98 Å². The van der Waals surface area contributed by atoms with Crippen LogP contribution in [0.2, 0.25) is 0 Å². The summed E-state index contributed by atoms with van der Waals surface area (Å²) in [5, 5.41) is 20.0. The van der Waals surface area contributed by atoms with Crippen LogP contribution < -0.4 is 15.1 Å². The number of alkyl halides is 3. The molecule has 0 aromatic carbocycles. The number of aromatic nitrogens is 5. The molecule has 194 valence electrons. The van der Waals surface area contributed by atoms with Gasteiger partial charge in [-0.05, 0) is 18.9 Å². The first-order valence-corrected chi connectivity index (χ1v) is 12.8. The molecule has 5 rings (SSSR count). The minimum atomic E-state index is -4.55. The Bertz CT molecular complexity index is 1260. The lowest BCUT2D eigenvalue weighted by molar-refractivity contribution is -0.147. The van der Waals surface area contributed by atoms with Gasteiger partial charge in [-0.2, -0.15) is 18.2 Å². The summed E-state index contributed by atoms with van der Waals surface area (Å²) in [5.74, 6) is 0.282. The summed E-state index contributed by atoms with van der Waals surface area (Å²) in [6.07, 6.45) is -1.87. The van der Waals surface area contributed by atoms with Crippen molar-refractivity contribution in [3.8, 4) is 0 Å². The Morgan fingerprint density at radius 2 is 2.06 bits per heavy atom. The van der Waals surface area contributed by atoms with Gasteiger partial charge in [0.05, 0.1) is 18.5 Å². The van der Waals surface area contributed by atoms with E-state index >= 15 is 0 Å². The fraction of sp³-hybridized carbons (Fsp3) is 0.591. The molecule has 36 heavy (non-hydrogen) atoms. The summed E-state index contributed by atoms with van der Waals surface area (Å²) < 4.78 is 41.0. The normalized spacial score (nSPS) is 18.2. The number of halogens is 3. The molecule has 5 heterocycles. The number of carbonyl (C=O) groups excluding carboxylic acids is 1. The second-order valence-electron chi connectivity index (χ2n) is 9.01. The summed E-state index contributed by atoms with van der Waals surface area (Å²) in [6, 6.07) is 2.01. The number of amides is 1. The molecule has 0 aliphatic carbocycles. The van der Waals surface area contributed by atoms with Gasteiger partial charge < -0.3 is 24.8 Å². The SMILES string of the molecule is CCCc1cc2c(N3CCn4c(nnc4C(F)(F)F)C3)nc(N3CC[C@H](NC(=O)CCO)C3)nc2s1. The van der Waals surface area contributed by atoms with Crippen LogP contribution in [0, 0.1) is 0 Å². The number of aliphatic hydroxyl groups is 1. The summed E-state index contributed by atoms with van der Waals surface area (Å²) in [5.41, 5.74) is 0. The number of aliphatic hydroxyl groups excluding tert-OH is 1. The van der Waals surface area contributed by atoms with Crippen LogP contribution in [0.25, 0.3) is 10.2 Å². The molecule has 0 unspecified atom stereocenters. The number of fused-ring (bicyclic) bond motifs is 2. The second kappa shape index (κ2) is 9.81. The zero-order valence-electron chi connectivity index (χ0n) is 19.8. The second-order valence-corrected chi connectivity index (χ2v) is 10.1. The third kappa shape index (κ3) is 4.83. The molecule has 0 radical (unpaired) electrons. The van der Waals surface area contributed by atoms with Crippen LogP contribution in [0.3, 0.4) is 0 Å². The fourth-order valence-electron chi connectivity index (χ4n) is 4.71. The first-order chi connectivity index (χ1) is 17.3. The molecule has 0 saturated carbocycles. The Balaban J connectivity index is 1.45. The Hall–Kier alpha value is -3.00. The standard InChI is InChI=1S/C22H27F3N8O2S/c1-2-3-14-10-15-18(31-7-8-33-16(12-31)29-30-20(33)22(23,24)25)27-21(28-19(15)36-14)32-6-4-13(11-32)26-17(35)5-9-34/h10,13,34H,2-9,11-12H2,1H3,(H,26,35)/t13-/m0/s1. The molecule has 3 aromatic rings. The maximum atomic E-state index is 13.3. The van der Waals surface area contributed by atoms with E-state index in [1.807, 2.05) is 9.80 Å². The predicted molar refractivity (Wildman–Crippen MR) is 128 cm³/mol. The van der Waals surface area contributed by atoms with E-state index in [9.17, 15) is 18.0 Å². The molecular formula is C22H27F3N8O2S. The lowest BCUT2D eigenvalue weighted by atomic mass is 10.2. The van der Waals surface area contributed by atoms with E-state index in [0.717, 1.165) is 34.0 Å². The molecule has 1 amide bonds. The van der Waals surface area contributed by atoms with Crippen molar-refractivity contribution >= 4 is 39.2 Å². The average molecular weight is 525 g/mol. The zero-order valence-corrected chi connectivity index (χ0v) is 20.6. The number of nitrogens with zero attached hydrogens (tertiary/aromatic N) is 7. The van der Waals surface area contributed by atoms with E-state index in [1.165, 1.54) is 4.88 Å². The first-order valence-electron chi connectivity index (χ1n) is 12.0. The van der Waals surface area contributed by atoms with Gasteiger partial charge in [0, 0.05) is 43.5 Å². The summed E-state index contributed by atoms with van der Waals surface area (Å²) >= 11 is 1.60. The van der Waals surface area contributed by atoms with Gasteiger partial charge in [0.1, 0.15) is 10.6 Å². The number of nitrogens with one attached hydrogen (secondary N) is 1. The third-order valence-corrected chi connectivity index (χ3v) is 7.48. The average Bonchev–Trinajstić information content (AvgIpc) is 3.55. The van der Waals surface area contributed by atoms with E-state index in [-0.39, 0.29) is 43.9 Å². The lowest BCUT2D eigenvalue weighted by Gasteiger charge is -2.30. The van der Waals surface area contributed by atoms with Crippen LogP contribution in [0.5, 0.6) is 0 Å². The first kappa shape index (κ1) is 24.7. The predicted octanol–water partition coefficient (Wildman–Crippen LogP) is 2.35. The van der Waals surface area contributed by atoms with Crippen molar-refractivity contribution in [1.29, 1.82) is 0 Å². The molecule has 1 fully saturated rings. The smallest absolute Gasteiger partial charge is 0.396 e. The Labute approximate surface area is 209 Å². The highest BCUT2D eigenvalue weighted by Crippen LogP contribution is 2.36. The van der Waals surface area contributed by atoms with Crippen molar-refractivity contribution in [1.82, 2.24) is 30.0 Å². The highest BCUT2D eigenvalue weighted by molar-refractivity contribution is 7.18. The molecule has 1 atom stereocenters. The van der Waals surface area contributed by atoms with Crippen molar-refractivity contribution in [2.75, 3.05) is 36.0 Å². The monoisotopic (exact) mass is 524 g/mol. The van der Waals surface area contributed by atoms with Crippen molar-refractivity contribution in [3.63, 3.8) is 0 Å². The van der Waals surface area contributed by atoms with E-state index in [4.69, 9.17) is 15.1 Å². The molecule has 10 nitrogen and oxygen atoms in total. The third-order valence-electron chi connectivity index (χ3n) is 6.39.